The molecule has 1 amide bonds. The van der Waals surface area contributed by atoms with Gasteiger partial charge in [0.25, 0.3) is 5.91 Å². The highest BCUT2D eigenvalue weighted by Gasteiger charge is 2.26. The number of thiazole rings is 1. The molecule has 0 aliphatic heterocycles. The summed E-state index contributed by atoms with van der Waals surface area (Å²) in [6.45, 7) is 6.11. The first-order valence-electron chi connectivity index (χ1n) is 7.10. The third-order valence-electron chi connectivity index (χ3n) is 3.63. The summed E-state index contributed by atoms with van der Waals surface area (Å²) in [5.41, 5.74) is 8.34. The molecule has 0 atom stereocenters. The third kappa shape index (κ3) is 3.34. The molecule has 0 unspecified atom stereocenters. The Hall–Kier alpha value is -2.41. The molecule has 2 aromatic heterocycles. The Labute approximate surface area is 138 Å². The van der Waals surface area contributed by atoms with Gasteiger partial charge in [-0.2, -0.15) is 0 Å². The first-order chi connectivity index (χ1) is 11.0. The predicted molar refractivity (Wildman–Crippen MR) is 89.3 cm³/mol. The molecule has 2 rings (SSSR count). The molecule has 2 aromatic rings. The van der Waals surface area contributed by atoms with Gasteiger partial charge >= 0.3 is 5.97 Å². The second-order valence-electron chi connectivity index (χ2n) is 4.96. The number of carbonyl (C=O) groups is 2. The Kier molecular flexibility index (Phi) is 5.33. The molecule has 0 radical (unpaired) electrons. The number of amides is 1. The van der Waals surface area contributed by atoms with E-state index in [1.165, 1.54) is 18.4 Å². The van der Waals surface area contributed by atoms with Gasteiger partial charge in [0, 0.05) is 35.1 Å². The summed E-state index contributed by atoms with van der Waals surface area (Å²) in [4.78, 5) is 27.8. The van der Waals surface area contributed by atoms with Crippen molar-refractivity contribution in [1.29, 1.82) is 0 Å². The van der Waals surface area contributed by atoms with Gasteiger partial charge in [0.2, 0.25) is 0 Å². The van der Waals surface area contributed by atoms with Crippen LogP contribution >= 0.6 is 11.3 Å². The van der Waals surface area contributed by atoms with Crippen LogP contribution in [0.3, 0.4) is 0 Å². The molecule has 2 heterocycles. The summed E-state index contributed by atoms with van der Waals surface area (Å²) >= 11 is 1.43. The van der Waals surface area contributed by atoms with Crippen LogP contribution in [-0.2, 0) is 22.5 Å². The lowest BCUT2D eigenvalue weighted by atomic mass is 10.1. The van der Waals surface area contributed by atoms with Gasteiger partial charge in [-0.05, 0) is 13.3 Å². The zero-order chi connectivity index (χ0) is 17.0. The summed E-state index contributed by atoms with van der Waals surface area (Å²) in [7, 11) is 1.35. The Bertz CT molecular complexity index is 732. The first-order valence-corrected chi connectivity index (χ1v) is 7.98. The molecular weight excluding hydrogens is 314 g/mol. The minimum atomic E-state index is -0.505. The summed E-state index contributed by atoms with van der Waals surface area (Å²) in [6.07, 6.45) is 4.07. The molecule has 0 bridgehead atoms. The molecule has 0 saturated carbocycles. The lowest BCUT2D eigenvalue weighted by molar-refractivity contribution is -0.140. The molecule has 6 nitrogen and oxygen atoms in total. The van der Waals surface area contributed by atoms with Gasteiger partial charge in [-0.15, -0.1) is 17.9 Å². The van der Waals surface area contributed by atoms with Gasteiger partial charge in [-0.3, -0.25) is 9.59 Å². The van der Waals surface area contributed by atoms with Crippen molar-refractivity contribution in [3.05, 3.63) is 41.2 Å². The van der Waals surface area contributed by atoms with Crippen LogP contribution in [-0.4, -0.2) is 28.5 Å². The molecule has 122 valence electrons. The summed E-state index contributed by atoms with van der Waals surface area (Å²) in [5, 5.41) is 2.55. The molecule has 2 N–H and O–H groups in total. The molecule has 7 heteroatoms. The lowest BCUT2D eigenvalue weighted by Crippen LogP contribution is -2.13. The number of primary amides is 1. The van der Waals surface area contributed by atoms with Gasteiger partial charge in [-0.1, -0.05) is 6.08 Å². The van der Waals surface area contributed by atoms with Gasteiger partial charge < -0.3 is 15.0 Å². The molecular formula is C16H19N3O3S. The second kappa shape index (κ2) is 7.23. The van der Waals surface area contributed by atoms with Crippen LogP contribution < -0.4 is 5.73 Å². The molecule has 23 heavy (non-hydrogen) atoms. The number of hydrogen-bond donors (Lipinski definition) is 1. The van der Waals surface area contributed by atoms with Crippen molar-refractivity contribution in [3.8, 4) is 10.6 Å². The number of aromatic nitrogens is 2. The van der Waals surface area contributed by atoms with Crippen molar-refractivity contribution < 1.29 is 14.3 Å². The zero-order valence-electron chi connectivity index (χ0n) is 13.2. The van der Waals surface area contributed by atoms with Crippen LogP contribution in [0.1, 0.15) is 28.2 Å². The van der Waals surface area contributed by atoms with E-state index < -0.39 is 5.91 Å². The molecule has 0 fully saturated rings. The molecule has 0 aliphatic carbocycles. The molecule has 0 aromatic carbocycles. The van der Waals surface area contributed by atoms with E-state index in [0.29, 0.717) is 29.1 Å². The van der Waals surface area contributed by atoms with E-state index in [1.54, 1.807) is 12.3 Å². The van der Waals surface area contributed by atoms with Crippen LogP contribution in [0.4, 0.5) is 0 Å². The van der Waals surface area contributed by atoms with E-state index in [1.807, 2.05) is 16.9 Å². The van der Waals surface area contributed by atoms with Gasteiger partial charge in [0.1, 0.15) is 5.01 Å². The first kappa shape index (κ1) is 17.0. The Morgan fingerprint density at radius 2 is 2.26 bits per heavy atom. The smallest absolute Gasteiger partial charge is 0.305 e. The van der Waals surface area contributed by atoms with Crippen LogP contribution in [0.15, 0.2) is 24.2 Å². The number of nitrogens with zero attached hydrogens (tertiary/aromatic N) is 2. The van der Waals surface area contributed by atoms with Crippen molar-refractivity contribution in [3.63, 3.8) is 0 Å². The monoisotopic (exact) mass is 333 g/mol. The number of esters is 1. The van der Waals surface area contributed by atoms with Crippen molar-refractivity contribution in [1.82, 2.24) is 9.55 Å². The van der Waals surface area contributed by atoms with Crippen molar-refractivity contribution in [2.75, 3.05) is 7.11 Å². The fourth-order valence-corrected chi connectivity index (χ4v) is 3.35. The average molecular weight is 333 g/mol. The highest BCUT2D eigenvalue weighted by Crippen LogP contribution is 2.34. The minimum absolute atomic E-state index is 0.216. The van der Waals surface area contributed by atoms with Crippen LogP contribution in [0.25, 0.3) is 10.6 Å². The topological polar surface area (TPSA) is 87.2 Å². The van der Waals surface area contributed by atoms with Gasteiger partial charge in [0.15, 0.2) is 0 Å². The second-order valence-corrected chi connectivity index (χ2v) is 5.85. The number of allylic oxidation sites excluding steroid dienone is 1. The normalized spacial score (nSPS) is 10.5. The molecule has 0 spiro atoms. The van der Waals surface area contributed by atoms with Crippen LogP contribution in [0, 0.1) is 6.92 Å². The van der Waals surface area contributed by atoms with E-state index in [0.717, 1.165) is 11.4 Å². The van der Waals surface area contributed by atoms with E-state index in [4.69, 9.17) is 10.5 Å². The number of rotatable bonds is 7. The maximum atomic E-state index is 12.0. The Balaban J connectivity index is 2.63. The van der Waals surface area contributed by atoms with Gasteiger partial charge in [0.05, 0.1) is 19.1 Å². The summed E-state index contributed by atoms with van der Waals surface area (Å²) in [6, 6.07) is 0. The van der Waals surface area contributed by atoms with E-state index in [9.17, 15) is 9.59 Å². The largest absolute Gasteiger partial charge is 0.469 e. The highest BCUT2D eigenvalue weighted by molar-refractivity contribution is 7.13. The maximum Gasteiger partial charge on any atom is 0.305 e. The minimum Gasteiger partial charge on any atom is -0.469 e. The third-order valence-corrected chi connectivity index (χ3v) is 4.42. The number of carbonyl (C=O) groups excluding carboxylic acids is 2. The van der Waals surface area contributed by atoms with Crippen LogP contribution in [0.2, 0.25) is 0 Å². The fourth-order valence-electron chi connectivity index (χ4n) is 2.64. The fraction of sp³-hybridized carbons (Fsp3) is 0.312. The van der Waals surface area contributed by atoms with Crippen LogP contribution in [0.5, 0.6) is 0 Å². The standard InChI is InChI=1S/C16H19N3O3S/c1-4-8-19-10(2)13(15(17)21)14(16-18-7-9-23-16)11(19)5-6-12(20)22-3/h4,7,9H,1,5-6,8H2,2-3H3,(H2,17,21). The SMILES string of the molecule is C=CCn1c(C)c(C(N)=O)c(-c2nccs2)c1CCC(=O)OC. The summed E-state index contributed by atoms with van der Waals surface area (Å²) in [5.74, 6) is -0.811. The Morgan fingerprint density at radius 3 is 2.78 bits per heavy atom. The van der Waals surface area contributed by atoms with E-state index in [2.05, 4.69) is 11.6 Å². The van der Waals surface area contributed by atoms with Gasteiger partial charge in [-0.25, -0.2) is 4.98 Å². The van der Waals surface area contributed by atoms with Crippen molar-refractivity contribution >= 4 is 23.2 Å². The highest BCUT2D eigenvalue weighted by atomic mass is 32.1. The van der Waals surface area contributed by atoms with Crippen molar-refractivity contribution in [2.45, 2.75) is 26.3 Å². The number of hydrogen-bond acceptors (Lipinski definition) is 5. The van der Waals surface area contributed by atoms with E-state index >= 15 is 0 Å². The average Bonchev–Trinajstić information content (AvgIpc) is 3.12. The maximum absolute atomic E-state index is 12.0. The zero-order valence-corrected chi connectivity index (χ0v) is 14.0. The number of nitrogens with two attached hydrogens (primary N) is 1. The summed E-state index contributed by atoms with van der Waals surface area (Å²) < 4.78 is 6.67. The van der Waals surface area contributed by atoms with E-state index in [-0.39, 0.29) is 12.4 Å². The molecule has 0 saturated heterocycles. The number of methoxy groups -OCH3 is 1. The number of ether oxygens (including phenoxy) is 1. The Morgan fingerprint density at radius 1 is 1.52 bits per heavy atom. The quantitative estimate of drug-likeness (QED) is 0.622. The predicted octanol–water partition coefficient (Wildman–Crippen LogP) is 2.31. The molecule has 0 aliphatic rings. The van der Waals surface area contributed by atoms with Crippen molar-refractivity contribution in [2.24, 2.45) is 5.73 Å². The lowest BCUT2D eigenvalue weighted by Gasteiger charge is -2.10.